The smallest absolute Gasteiger partial charge is 0.0678 e. The molecule has 0 bridgehead atoms. The summed E-state index contributed by atoms with van der Waals surface area (Å²) in [6.07, 6.45) is 7.10. The van der Waals surface area contributed by atoms with E-state index in [0.717, 1.165) is 25.7 Å². The van der Waals surface area contributed by atoms with Crippen LogP contribution >= 0.6 is 0 Å². The van der Waals surface area contributed by atoms with E-state index in [2.05, 4.69) is 81.8 Å². The summed E-state index contributed by atoms with van der Waals surface area (Å²) in [5.41, 5.74) is 2.84. The Morgan fingerprint density at radius 1 is 1.17 bits per heavy atom. The third-order valence-corrected chi connectivity index (χ3v) is 5.54. The highest BCUT2D eigenvalue weighted by atomic mass is 15.2. The molecule has 0 spiro atoms. The molecule has 0 aliphatic heterocycles. The van der Waals surface area contributed by atoms with Gasteiger partial charge < -0.3 is 5.32 Å². The number of nitrogens with zero attached hydrogens (tertiary/aromatic N) is 1. The highest BCUT2D eigenvalue weighted by Gasteiger charge is 2.24. The van der Waals surface area contributed by atoms with Crippen molar-refractivity contribution in [3.63, 3.8) is 0 Å². The number of benzene rings is 1. The van der Waals surface area contributed by atoms with Crippen LogP contribution in [0, 0.1) is 18.3 Å². The highest BCUT2D eigenvalue weighted by Crippen LogP contribution is 2.36. The maximum absolute atomic E-state index is 4.09. The number of nitrogens with one attached hydrogen (secondary N) is 1. The maximum atomic E-state index is 4.09. The molecule has 1 aromatic rings. The second-order valence-corrected chi connectivity index (χ2v) is 7.28. The largest absolute Gasteiger partial charge is 0.372 e. The van der Waals surface area contributed by atoms with Crippen LogP contribution in [0.2, 0.25) is 0 Å². The molecule has 2 heteroatoms. The van der Waals surface area contributed by atoms with Gasteiger partial charge in [-0.05, 0) is 62.6 Å². The monoisotopic (exact) mass is 330 g/mol. The topological polar surface area (TPSA) is 15.3 Å². The first-order chi connectivity index (χ1) is 11.5. The molecule has 0 aliphatic carbocycles. The first-order valence-electron chi connectivity index (χ1n) is 9.65. The van der Waals surface area contributed by atoms with E-state index < -0.39 is 0 Å². The Bertz CT molecular complexity index is 459. The minimum Gasteiger partial charge on any atom is -0.372 e. The van der Waals surface area contributed by atoms with E-state index in [9.17, 15) is 0 Å². The summed E-state index contributed by atoms with van der Waals surface area (Å²) >= 11 is 0. The number of allylic oxidation sites excluding steroid dienone is 1. The molecule has 24 heavy (non-hydrogen) atoms. The average molecular weight is 331 g/mol. The Balaban J connectivity index is 2.42. The second-order valence-electron chi connectivity index (χ2n) is 7.28. The summed E-state index contributed by atoms with van der Waals surface area (Å²) in [7, 11) is 0. The number of rotatable bonds is 12. The van der Waals surface area contributed by atoms with Gasteiger partial charge in [-0.15, -0.1) is 6.58 Å². The second kappa shape index (κ2) is 10.6. The third kappa shape index (κ3) is 6.68. The van der Waals surface area contributed by atoms with Crippen molar-refractivity contribution in [1.82, 2.24) is 4.90 Å². The van der Waals surface area contributed by atoms with Crippen molar-refractivity contribution in [2.45, 2.75) is 60.3 Å². The summed E-state index contributed by atoms with van der Waals surface area (Å²) in [6, 6.07) is 8.63. The van der Waals surface area contributed by atoms with Gasteiger partial charge in [-0.2, -0.15) is 0 Å². The lowest BCUT2D eigenvalue weighted by molar-refractivity contribution is 0.230. The lowest BCUT2D eigenvalue weighted by Gasteiger charge is -2.32. The molecule has 0 amide bonds. The Morgan fingerprint density at radius 2 is 1.79 bits per heavy atom. The predicted molar refractivity (Wildman–Crippen MR) is 109 cm³/mol. The standard InChI is InChI=1S/C22H38N2/c1-7-22(8-2,9-3)17-20(6)15-16-24(10-4)18-23-21-13-11-19(5)12-14-21/h7,11-14,20,23H,1,8-10,15-18H2,2-6H3. The molecule has 0 aliphatic rings. The van der Waals surface area contributed by atoms with E-state index in [1.807, 2.05) is 0 Å². The van der Waals surface area contributed by atoms with Crippen LogP contribution in [0.1, 0.15) is 58.9 Å². The van der Waals surface area contributed by atoms with Crippen molar-refractivity contribution in [3.8, 4) is 0 Å². The van der Waals surface area contributed by atoms with Gasteiger partial charge in [0, 0.05) is 12.2 Å². The van der Waals surface area contributed by atoms with Crippen LogP contribution in [-0.4, -0.2) is 24.7 Å². The van der Waals surface area contributed by atoms with Gasteiger partial charge >= 0.3 is 0 Å². The van der Waals surface area contributed by atoms with Crippen molar-refractivity contribution in [3.05, 3.63) is 42.5 Å². The maximum Gasteiger partial charge on any atom is 0.0678 e. The first kappa shape index (κ1) is 20.8. The van der Waals surface area contributed by atoms with Gasteiger partial charge in [-0.3, -0.25) is 4.90 Å². The molecule has 0 radical (unpaired) electrons. The van der Waals surface area contributed by atoms with Gasteiger partial charge in [0.25, 0.3) is 0 Å². The van der Waals surface area contributed by atoms with Crippen LogP contribution in [0.5, 0.6) is 0 Å². The molecule has 2 nitrogen and oxygen atoms in total. The average Bonchev–Trinajstić information content (AvgIpc) is 2.61. The predicted octanol–water partition coefficient (Wildman–Crippen LogP) is 6.10. The fraction of sp³-hybridized carbons (Fsp3) is 0.636. The van der Waals surface area contributed by atoms with Crippen LogP contribution in [0.4, 0.5) is 5.69 Å². The number of hydrogen-bond donors (Lipinski definition) is 1. The van der Waals surface area contributed by atoms with Crippen LogP contribution in [0.15, 0.2) is 36.9 Å². The molecule has 136 valence electrons. The van der Waals surface area contributed by atoms with Crippen LogP contribution in [0.3, 0.4) is 0 Å². The third-order valence-electron chi connectivity index (χ3n) is 5.54. The van der Waals surface area contributed by atoms with Gasteiger partial charge in [-0.1, -0.05) is 51.5 Å². The molecule has 0 saturated heterocycles. The van der Waals surface area contributed by atoms with E-state index in [-0.39, 0.29) is 0 Å². The molecule has 1 N–H and O–H groups in total. The molecule has 0 fully saturated rings. The SMILES string of the molecule is C=CC(CC)(CC)CC(C)CCN(CC)CNc1ccc(C)cc1. The fourth-order valence-electron chi connectivity index (χ4n) is 3.33. The number of anilines is 1. The summed E-state index contributed by atoms with van der Waals surface area (Å²) in [5, 5.41) is 3.54. The lowest BCUT2D eigenvalue weighted by Crippen LogP contribution is -2.31. The van der Waals surface area contributed by atoms with Gasteiger partial charge in [0.05, 0.1) is 6.67 Å². The fourth-order valence-corrected chi connectivity index (χ4v) is 3.33. The summed E-state index contributed by atoms with van der Waals surface area (Å²) in [6.45, 7) is 18.6. The Hall–Kier alpha value is -1.28. The lowest BCUT2D eigenvalue weighted by atomic mass is 9.75. The molecule has 0 aromatic heterocycles. The van der Waals surface area contributed by atoms with Crippen molar-refractivity contribution in [1.29, 1.82) is 0 Å². The summed E-state index contributed by atoms with van der Waals surface area (Å²) < 4.78 is 0. The van der Waals surface area contributed by atoms with Gasteiger partial charge in [0.2, 0.25) is 0 Å². The molecule has 1 atom stereocenters. The van der Waals surface area contributed by atoms with Crippen LogP contribution in [0.25, 0.3) is 0 Å². The van der Waals surface area contributed by atoms with E-state index >= 15 is 0 Å². The van der Waals surface area contributed by atoms with Crippen LogP contribution in [-0.2, 0) is 0 Å². The van der Waals surface area contributed by atoms with E-state index in [1.165, 1.54) is 36.9 Å². The zero-order valence-corrected chi connectivity index (χ0v) is 16.6. The van der Waals surface area contributed by atoms with Crippen molar-refractivity contribution in [2.75, 3.05) is 25.1 Å². The van der Waals surface area contributed by atoms with Crippen LogP contribution < -0.4 is 5.32 Å². The van der Waals surface area contributed by atoms with E-state index in [0.29, 0.717) is 5.41 Å². The minimum atomic E-state index is 0.330. The van der Waals surface area contributed by atoms with Gasteiger partial charge in [-0.25, -0.2) is 0 Å². The van der Waals surface area contributed by atoms with E-state index in [1.54, 1.807) is 0 Å². The van der Waals surface area contributed by atoms with E-state index in [4.69, 9.17) is 0 Å². The molecular formula is C22H38N2. The zero-order valence-electron chi connectivity index (χ0n) is 16.6. The van der Waals surface area contributed by atoms with Gasteiger partial charge in [0.15, 0.2) is 0 Å². The molecule has 1 unspecified atom stereocenters. The Labute approximate surface area is 150 Å². The number of aryl methyl sites for hydroxylation is 1. The molecule has 0 saturated carbocycles. The molecule has 1 aromatic carbocycles. The summed E-state index contributed by atoms with van der Waals surface area (Å²) in [4.78, 5) is 2.49. The van der Waals surface area contributed by atoms with Gasteiger partial charge in [0.1, 0.15) is 0 Å². The summed E-state index contributed by atoms with van der Waals surface area (Å²) in [5.74, 6) is 0.733. The Kier molecular flexibility index (Phi) is 9.13. The quantitative estimate of drug-likeness (QED) is 0.368. The van der Waals surface area contributed by atoms with Crippen molar-refractivity contribution in [2.24, 2.45) is 11.3 Å². The molecule has 0 heterocycles. The highest BCUT2D eigenvalue weighted by molar-refractivity contribution is 5.44. The number of hydrogen-bond acceptors (Lipinski definition) is 2. The first-order valence-corrected chi connectivity index (χ1v) is 9.65. The minimum absolute atomic E-state index is 0.330. The molecular weight excluding hydrogens is 292 g/mol. The van der Waals surface area contributed by atoms with Crippen molar-refractivity contribution >= 4 is 5.69 Å². The zero-order chi connectivity index (χ0) is 18.0. The van der Waals surface area contributed by atoms with Crippen molar-refractivity contribution < 1.29 is 0 Å². The normalized spacial score (nSPS) is 13.1. The Morgan fingerprint density at radius 3 is 2.29 bits per heavy atom. The molecule has 1 rings (SSSR count).